The van der Waals surface area contributed by atoms with Gasteiger partial charge in [0.15, 0.2) is 0 Å². The lowest BCUT2D eigenvalue weighted by Gasteiger charge is -2.20. The molecule has 0 aromatic heterocycles. The molecule has 0 heterocycles. The van der Waals surface area contributed by atoms with Gasteiger partial charge in [0.25, 0.3) is 5.92 Å². The van der Waals surface area contributed by atoms with Crippen LogP contribution in [0.15, 0.2) is 54.6 Å². The van der Waals surface area contributed by atoms with Crippen molar-refractivity contribution in [3.05, 3.63) is 60.2 Å². The van der Waals surface area contributed by atoms with Crippen molar-refractivity contribution in [2.24, 2.45) is 0 Å². The number of amides is 1. The van der Waals surface area contributed by atoms with Crippen molar-refractivity contribution in [1.29, 1.82) is 0 Å². The standard InChI is InChI=1S/C21H23F5N2O2/c1-28(17-8-3-2-4-9-17)19(29)14-27-15-20(22,23)16-7-5-10-18(13-16)30-12-6-11-21(24,25)26/h2-5,7-10,13,27H,6,11-12,14-15H2,1H3. The van der Waals surface area contributed by atoms with Crippen LogP contribution in [0.1, 0.15) is 18.4 Å². The minimum atomic E-state index is -4.28. The van der Waals surface area contributed by atoms with Gasteiger partial charge in [0.1, 0.15) is 5.75 Å². The summed E-state index contributed by atoms with van der Waals surface area (Å²) in [5.74, 6) is -3.61. The molecule has 1 N–H and O–H groups in total. The number of nitrogens with zero attached hydrogens (tertiary/aromatic N) is 1. The van der Waals surface area contributed by atoms with E-state index in [9.17, 15) is 26.7 Å². The third-order valence-corrected chi connectivity index (χ3v) is 4.27. The first-order valence-electron chi connectivity index (χ1n) is 9.29. The first-order valence-corrected chi connectivity index (χ1v) is 9.29. The number of hydrogen-bond acceptors (Lipinski definition) is 3. The van der Waals surface area contributed by atoms with Gasteiger partial charge in [-0.05, 0) is 30.7 Å². The summed E-state index contributed by atoms with van der Waals surface area (Å²) in [5.41, 5.74) is 0.290. The number of para-hydroxylation sites is 1. The van der Waals surface area contributed by atoms with Gasteiger partial charge >= 0.3 is 6.18 Å². The van der Waals surface area contributed by atoms with Gasteiger partial charge < -0.3 is 15.0 Å². The van der Waals surface area contributed by atoms with E-state index in [1.807, 2.05) is 0 Å². The van der Waals surface area contributed by atoms with Crippen molar-refractivity contribution in [2.75, 3.05) is 31.6 Å². The van der Waals surface area contributed by atoms with Gasteiger partial charge in [0.05, 0.1) is 19.7 Å². The van der Waals surface area contributed by atoms with E-state index in [0.717, 1.165) is 6.07 Å². The van der Waals surface area contributed by atoms with Gasteiger partial charge in [0.2, 0.25) is 5.91 Å². The van der Waals surface area contributed by atoms with Crippen molar-refractivity contribution in [1.82, 2.24) is 5.32 Å². The molecule has 0 saturated carbocycles. The third kappa shape index (κ3) is 7.62. The Bertz CT molecular complexity index is 813. The molecule has 0 aliphatic heterocycles. The number of ether oxygens (including phenoxy) is 1. The third-order valence-electron chi connectivity index (χ3n) is 4.27. The highest BCUT2D eigenvalue weighted by molar-refractivity contribution is 5.94. The number of halogens is 5. The van der Waals surface area contributed by atoms with Gasteiger partial charge in [-0.1, -0.05) is 30.3 Å². The Morgan fingerprint density at radius 3 is 2.40 bits per heavy atom. The minimum Gasteiger partial charge on any atom is -0.494 e. The fourth-order valence-corrected chi connectivity index (χ4v) is 2.62. The monoisotopic (exact) mass is 430 g/mol. The van der Waals surface area contributed by atoms with E-state index in [4.69, 9.17) is 4.74 Å². The normalized spacial score (nSPS) is 11.9. The number of carbonyl (C=O) groups is 1. The van der Waals surface area contributed by atoms with E-state index in [2.05, 4.69) is 5.32 Å². The second-order valence-electron chi connectivity index (χ2n) is 6.69. The summed E-state index contributed by atoms with van der Waals surface area (Å²) < 4.78 is 70.5. The molecular formula is C21H23F5N2O2. The summed E-state index contributed by atoms with van der Waals surface area (Å²) in [6, 6.07) is 13.8. The quantitative estimate of drug-likeness (QED) is 0.437. The van der Waals surface area contributed by atoms with Crippen LogP contribution in [0.3, 0.4) is 0 Å². The molecule has 0 radical (unpaired) electrons. The summed E-state index contributed by atoms with van der Waals surface area (Å²) in [5, 5.41) is 2.46. The van der Waals surface area contributed by atoms with E-state index in [0.29, 0.717) is 5.69 Å². The zero-order valence-electron chi connectivity index (χ0n) is 16.4. The molecule has 2 aromatic rings. The Morgan fingerprint density at radius 2 is 1.73 bits per heavy atom. The van der Waals surface area contributed by atoms with E-state index in [1.54, 1.807) is 37.4 Å². The lowest BCUT2D eigenvalue weighted by molar-refractivity contribution is -0.136. The Labute approximate surface area is 171 Å². The Hall–Kier alpha value is -2.68. The highest BCUT2D eigenvalue weighted by Crippen LogP contribution is 2.30. The van der Waals surface area contributed by atoms with E-state index in [1.165, 1.54) is 23.1 Å². The van der Waals surface area contributed by atoms with Crippen LogP contribution < -0.4 is 15.0 Å². The van der Waals surface area contributed by atoms with Crippen LogP contribution in [0.25, 0.3) is 0 Å². The minimum absolute atomic E-state index is 0.0641. The van der Waals surface area contributed by atoms with E-state index >= 15 is 0 Å². The van der Waals surface area contributed by atoms with Crippen LogP contribution >= 0.6 is 0 Å². The van der Waals surface area contributed by atoms with Crippen molar-refractivity contribution < 1.29 is 31.5 Å². The number of likely N-dealkylation sites (N-methyl/N-ethyl adjacent to an activating group) is 1. The van der Waals surface area contributed by atoms with Crippen LogP contribution in [-0.4, -0.2) is 38.8 Å². The average molecular weight is 430 g/mol. The smallest absolute Gasteiger partial charge is 0.389 e. The van der Waals surface area contributed by atoms with Crippen LogP contribution in [0, 0.1) is 0 Å². The first-order chi connectivity index (χ1) is 14.1. The number of benzene rings is 2. The molecule has 4 nitrogen and oxygen atoms in total. The zero-order chi connectivity index (χ0) is 22.2. The van der Waals surface area contributed by atoms with Gasteiger partial charge in [0, 0.05) is 24.7 Å². The molecule has 0 aliphatic carbocycles. The number of nitrogens with one attached hydrogen (secondary N) is 1. The number of anilines is 1. The maximum absolute atomic E-state index is 14.5. The predicted octanol–water partition coefficient (Wildman–Crippen LogP) is 4.75. The summed E-state index contributed by atoms with van der Waals surface area (Å²) in [7, 11) is 1.55. The SMILES string of the molecule is CN(C(=O)CNCC(F)(F)c1cccc(OCCCC(F)(F)F)c1)c1ccccc1. The van der Waals surface area contributed by atoms with Gasteiger partial charge in [-0.2, -0.15) is 22.0 Å². The molecule has 0 spiro atoms. The molecule has 1 amide bonds. The summed E-state index contributed by atoms with van der Waals surface area (Å²) in [4.78, 5) is 13.5. The second kappa shape index (κ2) is 10.4. The summed E-state index contributed by atoms with van der Waals surface area (Å²) >= 11 is 0. The Balaban J connectivity index is 1.85. The van der Waals surface area contributed by atoms with E-state index in [-0.39, 0.29) is 36.8 Å². The molecule has 0 unspecified atom stereocenters. The number of hydrogen-bond donors (Lipinski definition) is 1. The topological polar surface area (TPSA) is 41.6 Å². The zero-order valence-corrected chi connectivity index (χ0v) is 16.4. The molecule has 0 atom stereocenters. The van der Waals surface area contributed by atoms with Crippen molar-refractivity contribution in [3.63, 3.8) is 0 Å². The van der Waals surface area contributed by atoms with Crippen LogP contribution in [0.2, 0.25) is 0 Å². The fourth-order valence-electron chi connectivity index (χ4n) is 2.62. The summed E-state index contributed by atoms with van der Waals surface area (Å²) in [6.45, 7) is -1.29. The molecule has 0 saturated heterocycles. The molecule has 2 aromatic carbocycles. The average Bonchev–Trinajstić information content (AvgIpc) is 2.70. The number of alkyl halides is 5. The van der Waals surface area contributed by atoms with Crippen molar-refractivity contribution in [3.8, 4) is 5.75 Å². The van der Waals surface area contributed by atoms with E-state index < -0.39 is 25.1 Å². The predicted molar refractivity (Wildman–Crippen MR) is 104 cm³/mol. The molecule has 30 heavy (non-hydrogen) atoms. The maximum Gasteiger partial charge on any atom is 0.389 e. The van der Waals surface area contributed by atoms with Crippen LogP contribution in [0.4, 0.5) is 27.6 Å². The van der Waals surface area contributed by atoms with Gasteiger partial charge in [-0.15, -0.1) is 0 Å². The highest BCUT2D eigenvalue weighted by Gasteiger charge is 2.32. The Kier molecular flexibility index (Phi) is 8.16. The van der Waals surface area contributed by atoms with Crippen molar-refractivity contribution >= 4 is 11.6 Å². The summed E-state index contributed by atoms with van der Waals surface area (Å²) in [6.07, 6.45) is -5.54. The first kappa shape index (κ1) is 23.6. The van der Waals surface area contributed by atoms with Crippen LogP contribution in [0.5, 0.6) is 5.75 Å². The van der Waals surface area contributed by atoms with Crippen molar-refractivity contribution in [2.45, 2.75) is 24.9 Å². The number of rotatable bonds is 10. The molecular weight excluding hydrogens is 407 g/mol. The fraction of sp³-hybridized carbons (Fsp3) is 0.381. The number of carbonyl (C=O) groups excluding carboxylic acids is 1. The Morgan fingerprint density at radius 1 is 1.03 bits per heavy atom. The highest BCUT2D eigenvalue weighted by atomic mass is 19.4. The van der Waals surface area contributed by atoms with Gasteiger partial charge in [-0.3, -0.25) is 4.79 Å². The second-order valence-corrected chi connectivity index (χ2v) is 6.69. The molecule has 9 heteroatoms. The van der Waals surface area contributed by atoms with Crippen LogP contribution in [-0.2, 0) is 10.7 Å². The lowest BCUT2D eigenvalue weighted by Crippen LogP contribution is -2.39. The molecule has 0 aliphatic rings. The molecule has 2 rings (SSSR count). The molecule has 0 bridgehead atoms. The van der Waals surface area contributed by atoms with Gasteiger partial charge in [-0.25, -0.2) is 0 Å². The lowest BCUT2D eigenvalue weighted by atomic mass is 10.1. The largest absolute Gasteiger partial charge is 0.494 e. The maximum atomic E-state index is 14.5. The molecule has 164 valence electrons. The molecule has 0 fully saturated rings.